The smallest absolute Gasteiger partial charge is 0.231 e. The Hall–Kier alpha value is -3.33. The van der Waals surface area contributed by atoms with E-state index in [2.05, 4.69) is 20.6 Å². The molecule has 1 aromatic carbocycles. The van der Waals surface area contributed by atoms with E-state index in [1.165, 1.54) is 0 Å². The lowest BCUT2D eigenvalue weighted by Gasteiger charge is -2.17. The van der Waals surface area contributed by atoms with Crippen LogP contribution in [0.1, 0.15) is 44.6 Å². The van der Waals surface area contributed by atoms with E-state index in [9.17, 15) is 14.0 Å². The Kier molecular flexibility index (Phi) is 5.59. The summed E-state index contributed by atoms with van der Waals surface area (Å²) in [6.45, 7) is 3.57. The fourth-order valence-corrected chi connectivity index (χ4v) is 4.65. The number of Topliss-reactive ketones (excluding diaryl/α,β-unsaturated/α-hetero) is 1. The number of carbonyl (C=O) groups is 2. The first kappa shape index (κ1) is 22.5. The first-order valence-corrected chi connectivity index (χ1v) is 11.5. The van der Waals surface area contributed by atoms with Crippen molar-refractivity contribution in [2.75, 3.05) is 5.32 Å². The van der Waals surface area contributed by atoms with Crippen molar-refractivity contribution >= 4 is 45.5 Å². The van der Waals surface area contributed by atoms with Crippen molar-refractivity contribution in [3.05, 3.63) is 47.0 Å². The van der Waals surface area contributed by atoms with Crippen molar-refractivity contribution < 1.29 is 18.4 Å². The fourth-order valence-electron chi connectivity index (χ4n) is 4.34. The molecule has 0 aliphatic heterocycles. The fraction of sp³-hybridized carbons (Fsp3) is 0.333. The maximum Gasteiger partial charge on any atom is 0.231 e. The van der Waals surface area contributed by atoms with E-state index in [-0.39, 0.29) is 29.6 Å². The molecule has 34 heavy (non-hydrogen) atoms. The van der Waals surface area contributed by atoms with Gasteiger partial charge in [0.05, 0.1) is 28.2 Å². The first-order valence-electron chi connectivity index (χ1n) is 11.1. The van der Waals surface area contributed by atoms with Crippen LogP contribution in [0.5, 0.6) is 0 Å². The van der Waals surface area contributed by atoms with Crippen LogP contribution in [-0.4, -0.2) is 37.7 Å². The van der Waals surface area contributed by atoms with Gasteiger partial charge in [0.2, 0.25) is 5.91 Å². The molecular weight excluding hydrogens is 464 g/mol. The Morgan fingerprint density at radius 1 is 1.38 bits per heavy atom. The average molecular weight is 486 g/mol. The highest BCUT2D eigenvalue weighted by Gasteiger charge is 2.43. The van der Waals surface area contributed by atoms with Gasteiger partial charge in [-0.1, -0.05) is 25.4 Å². The summed E-state index contributed by atoms with van der Waals surface area (Å²) in [5.41, 5.74) is 2.58. The van der Waals surface area contributed by atoms with Gasteiger partial charge in [-0.05, 0) is 30.0 Å². The molecule has 5 rings (SSSR count). The van der Waals surface area contributed by atoms with Gasteiger partial charge in [0.15, 0.2) is 5.82 Å². The molecular formula is C24H22ClF2N5O2. The molecule has 1 fully saturated rings. The first-order chi connectivity index (χ1) is 16.3. The van der Waals surface area contributed by atoms with E-state index in [0.717, 1.165) is 0 Å². The molecule has 3 aromatic heterocycles. The molecule has 1 unspecified atom stereocenters. The molecule has 1 saturated carbocycles. The van der Waals surface area contributed by atoms with Gasteiger partial charge in [-0.3, -0.25) is 14.7 Å². The van der Waals surface area contributed by atoms with Crippen LogP contribution in [-0.2, 0) is 9.59 Å². The van der Waals surface area contributed by atoms with Crippen molar-refractivity contribution in [2.45, 2.75) is 45.2 Å². The summed E-state index contributed by atoms with van der Waals surface area (Å²) in [6, 6.07) is 5.16. The molecule has 3 heterocycles. The highest BCUT2D eigenvalue weighted by molar-refractivity contribution is 6.35. The third-order valence-corrected chi connectivity index (χ3v) is 6.66. The predicted molar refractivity (Wildman–Crippen MR) is 125 cm³/mol. The van der Waals surface area contributed by atoms with Crippen molar-refractivity contribution in [2.24, 2.45) is 5.92 Å². The number of ketones is 1. The molecule has 1 aliphatic rings. The van der Waals surface area contributed by atoms with Crippen LogP contribution >= 0.6 is 11.6 Å². The summed E-state index contributed by atoms with van der Waals surface area (Å²) in [4.78, 5) is 24.0. The summed E-state index contributed by atoms with van der Waals surface area (Å²) in [7, 11) is 0. The number of alkyl halides is 1. The summed E-state index contributed by atoms with van der Waals surface area (Å²) in [6.07, 6.45) is 2.98. The Morgan fingerprint density at radius 2 is 2.15 bits per heavy atom. The Morgan fingerprint density at radius 3 is 2.85 bits per heavy atom. The van der Waals surface area contributed by atoms with Crippen molar-refractivity contribution in [1.29, 1.82) is 0 Å². The molecule has 176 valence electrons. The minimum Gasteiger partial charge on any atom is -0.309 e. The number of hydrogen-bond donors (Lipinski definition) is 2. The Labute approximate surface area is 198 Å². The SMILES string of the molecule is CCC(=O)CC(C)c1c(F)c(Cl)c(-c2ccn3nc(NC(=O)[C@@H]4C[C@@H]4F)cc3c2)c2cn[nH]c12. The quantitative estimate of drug-likeness (QED) is 0.364. The maximum absolute atomic E-state index is 15.5. The van der Waals surface area contributed by atoms with Crippen LogP contribution in [0.2, 0.25) is 5.02 Å². The summed E-state index contributed by atoms with van der Waals surface area (Å²) >= 11 is 6.55. The van der Waals surface area contributed by atoms with Crippen molar-refractivity contribution in [1.82, 2.24) is 19.8 Å². The number of benzene rings is 1. The van der Waals surface area contributed by atoms with Crippen LogP contribution in [0.4, 0.5) is 14.6 Å². The molecule has 0 saturated heterocycles. The largest absolute Gasteiger partial charge is 0.309 e. The topological polar surface area (TPSA) is 92.2 Å². The summed E-state index contributed by atoms with van der Waals surface area (Å²) in [5.74, 6) is -1.64. The number of aromatic amines is 1. The summed E-state index contributed by atoms with van der Waals surface area (Å²) < 4.78 is 30.3. The molecule has 0 radical (unpaired) electrons. The molecule has 1 amide bonds. The van der Waals surface area contributed by atoms with Crippen molar-refractivity contribution in [3.8, 4) is 11.1 Å². The highest BCUT2D eigenvalue weighted by Crippen LogP contribution is 2.42. The number of halogens is 3. The molecule has 3 atom stereocenters. The zero-order valence-electron chi connectivity index (χ0n) is 18.5. The van der Waals surface area contributed by atoms with Crippen LogP contribution in [0.15, 0.2) is 30.6 Å². The second kappa shape index (κ2) is 8.47. The predicted octanol–water partition coefficient (Wildman–Crippen LogP) is 5.44. The normalized spacial score (nSPS) is 18.4. The number of fused-ring (bicyclic) bond motifs is 2. The van der Waals surface area contributed by atoms with Crippen LogP contribution in [0.3, 0.4) is 0 Å². The van der Waals surface area contributed by atoms with Gasteiger partial charge < -0.3 is 5.32 Å². The van der Waals surface area contributed by atoms with Gasteiger partial charge in [-0.25, -0.2) is 13.3 Å². The van der Waals surface area contributed by atoms with E-state index in [4.69, 9.17) is 11.6 Å². The van der Waals surface area contributed by atoms with Crippen molar-refractivity contribution in [3.63, 3.8) is 0 Å². The number of amides is 1. The van der Waals surface area contributed by atoms with Gasteiger partial charge in [0.1, 0.15) is 17.8 Å². The number of carbonyl (C=O) groups excluding carboxylic acids is 2. The number of pyridine rings is 1. The molecule has 0 bridgehead atoms. The van der Waals surface area contributed by atoms with Gasteiger partial charge >= 0.3 is 0 Å². The standard InChI is InChI=1S/C24H22ClF2N5O2/c1-3-14(33)6-11(2)19-22(27)21(25)20(16-10-28-30-23(16)19)12-4-5-32-13(7-12)8-18(31-32)29-24(34)15-9-17(15)26/h4-5,7-8,10-11,15,17H,3,6,9H2,1-2H3,(H,28,30)(H,29,31,34)/t11?,15-,17+/m1/s1. The van der Waals surface area contributed by atoms with E-state index in [1.54, 1.807) is 49.0 Å². The minimum absolute atomic E-state index is 0.0394. The van der Waals surface area contributed by atoms with Gasteiger partial charge in [-0.2, -0.15) is 10.2 Å². The molecule has 10 heteroatoms. The number of aromatic nitrogens is 4. The lowest BCUT2D eigenvalue weighted by Crippen LogP contribution is -2.15. The zero-order chi connectivity index (χ0) is 24.1. The van der Waals surface area contributed by atoms with E-state index >= 15 is 4.39 Å². The van der Waals surface area contributed by atoms with E-state index in [0.29, 0.717) is 45.3 Å². The number of anilines is 1. The number of nitrogens with zero attached hydrogens (tertiary/aromatic N) is 3. The zero-order valence-corrected chi connectivity index (χ0v) is 19.3. The number of rotatable bonds is 7. The second-order valence-corrected chi connectivity index (χ2v) is 9.11. The maximum atomic E-state index is 15.5. The summed E-state index contributed by atoms with van der Waals surface area (Å²) in [5, 5.41) is 14.5. The highest BCUT2D eigenvalue weighted by atomic mass is 35.5. The molecule has 1 aliphatic carbocycles. The number of nitrogens with one attached hydrogen (secondary N) is 2. The van der Waals surface area contributed by atoms with Gasteiger partial charge in [0, 0.05) is 41.6 Å². The lowest BCUT2D eigenvalue weighted by molar-refractivity contribution is -0.119. The van der Waals surface area contributed by atoms with Gasteiger partial charge in [0.25, 0.3) is 0 Å². The lowest BCUT2D eigenvalue weighted by atomic mass is 9.90. The number of H-pyrrole nitrogens is 1. The van der Waals surface area contributed by atoms with E-state index < -0.39 is 23.8 Å². The minimum atomic E-state index is -1.09. The van der Waals surface area contributed by atoms with Crippen LogP contribution in [0, 0.1) is 11.7 Å². The van der Waals surface area contributed by atoms with Crippen LogP contribution < -0.4 is 5.32 Å². The molecule has 7 nitrogen and oxygen atoms in total. The third kappa shape index (κ3) is 3.83. The monoisotopic (exact) mass is 485 g/mol. The number of hydrogen-bond acceptors (Lipinski definition) is 4. The second-order valence-electron chi connectivity index (χ2n) is 8.73. The van der Waals surface area contributed by atoms with Crippen LogP contribution in [0.25, 0.3) is 27.5 Å². The third-order valence-electron chi connectivity index (χ3n) is 6.30. The average Bonchev–Trinajstić information content (AvgIpc) is 3.17. The van der Waals surface area contributed by atoms with E-state index in [1.807, 2.05) is 0 Å². The van der Waals surface area contributed by atoms with Gasteiger partial charge in [-0.15, -0.1) is 0 Å². The Bertz CT molecular complexity index is 1450. The molecule has 0 spiro atoms. The Balaban J connectivity index is 1.55. The molecule has 4 aromatic rings. The molecule has 2 N–H and O–H groups in total.